The molecule has 0 aliphatic carbocycles. The van der Waals surface area contributed by atoms with Crippen LogP contribution in [0.5, 0.6) is 0 Å². The number of rotatable bonds is 5. The highest BCUT2D eigenvalue weighted by molar-refractivity contribution is 7.86. The first kappa shape index (κ1) is 15.0. The lowest BCUT2D eigenvalue weighted by Crippen LogP contribution is -2.23. The van der Waals surface area contributed by atoms with E-state index in [4.69, 9.17) is 14.7 Å². The van der Waals surface area contributed by atoms with Gasteiger partial charge in [0.1, 0.15) is 0 Å². The van der Waals surface area contributed by atoms with Crippen LogP contribution in [0.1, 0.15) is 41.1 Å². The van der Waals surface area contributed by atoms with Crippen molar-refractivity contribution < 1.29 is 22.1 Å². The van der Waals surface area contributed by atoms with Gasteiger partial charge in [0.15, 0.2) is 0 Å². The van der Waals surface area contributed by atoms with Gasteiger partial charge in [-0.3, -0.25) is 4.79 Å². The van der Waals surface area contributed by atoms with Crippen LogP contribution >= 0.6 is 0 Å². The molecule has 1 atom stereocenters. The maximum absolute atomic E-state index is 11.7. The zero-order valence-corrected chi connectivity index (χ0v) is 12.0. The van der Waals surface area contributed by atoms with Crippen LogP contribution in [0.3, 0.4) is 0 Å². The van der Waals surface area contributed by atoms with Crippen LogP contribution in [0.15, 0.2) is 18.2 Å². The molecule has 1 amide bonds. The fourth-order valence-electron chi connectivity index (χ4n) is 2.08. The van der Waals surface area contributed by atoms with Crippen LogP contribution in [0, 0.1) is 0 Å². The van der Waals surface area contributed by atoms with Crippen molar-refractivity contribution in [3.8, 4) is 0 Å². The Kier molecular flexibility index (Phi) is 4.42. The molecule has 7 heteroatoms. The van der Waals surface area contributed by atoms with Crippen LogP contribution in [-0.4, -0.2) is 26.7 Å². The Hall–Kier alpha value is -1.44. The standard InChI is InChI=1S/C13H17NO5S/c1-2-7-20(16,17)19-13-11-4-3-10(12(14)15)8-9(11)5-6-18-13/h3-4,8,13H,2,5-7H2,1H3,(H2,14,15)/t13-/m0/s1. The molecule has 0 fully saturated rings. The molecule has 0 aromatic heterocycles. The number of carbonyl (C=O) groups excluding carboxylic acids is 1. The molecule has 1 aromatic rings. The summed E-state index contributed by atoms with van der Waals surface area (Å²) in [6, 6.07) is 4.82. The number of ether oxygens (including phenoxy) is 1. The molecule has 0 saturated carbocycles. The van der Waals surface area contributed by atoms with Gasteiger partial charge >= 0.3 is 0 Å². The van der Waals surface area contributed by atoms with E-state index in [2.05, 4.69) is 0 Å². The van der Waals surface area contributed by atoms with Crippen molar-refractivity contribution in [3.05, 3.63) is 34.9 Å². The molecular formula is C13H17NO5S. The van der Waals surface area contributed by atoms with Gasteiger partial charge in [0.2, 0.25) is 12.2 Å². The summed E-state index contributed by atoms with van der Waals surface area (Å²) >= 11 is 0. The van der Waals surface area contributed by atoms with Gasteiger partial charge in [-0.05, 0) is 30.5 Å². The minimum Gasteiger partial charge on any atom is -0.366 e. The van der Waals surface area contributed by atoms with Gasteiger partial charge in [0.05, 0.1) is 12.4 Å². The molecule has 0 saturated heterocycles. The number of hydrogen-bond donors (Lipinski definition) is 1. The van der Waals surface area contributed by atoms with Gasteiger partial charge in [0.25, 0.3) is 10.1 Å². The summed E-state index contributed by atoms with van der Waals surface area (Å²) in [6.45, 7) is 2.09. The van der Waals surface area contributed by atoms with Gasteiger partial charge in [-0.1, -0.05) is 13.0 Å². The fraction of sp³-hybridized carbons (Fsp3) is 0.462. The highest BCUT2D eigenvalue weighted by atomic mass is 32.2. The molecule has 0 unspecified atom stereocenters. The molecule has 2 rings (SSSR count). The molecule has 1 aromatic carbocycles. The van der Waals surface area contributed by atoms with Crippen molar-refractivity contribution in [2.45, 2.75) is 26.1 Å². The molecule has 20 heavy (non-hydrogen) atoms. The molecule has 0 bridgehead atoms. The smallest absolute Gasteiger partial charge is 0.270 e. The van der Waals surface area contributed by atoms with Crippen molar-refractivity contribution in [3.63, 3.8) is 0 Å². The molecule has 2 N–H and O–H groups in total. The number of primary amides is 1. The number of carbonyl (C=O) groups is 1. The summed E-state index contributed by atoms with van der Waals surface area (Å²) in [7, 11) is -3.62. The van der Waals surface area contributed by atoms with E-state index in [-0.39, 0.29) is 5.75 Å². The van der Waals surface area contributed by atoms with Crippen molar-refractivity contribution in [1.29, 1.82) is 0 Å². The predicted molar refractivity (Wildman–Crippen MR) is 72.5 cm³/mol. The number of amides is 1. The summed E-state index contributed by atoms with van der Waals surface area (Å²) in [6.07, 6.45) is 0.115. The Labute approximate surface area is 118 Å². The number of nitrogens with two attached hydrogens (primary N) is 1. The van der Waals surface area contributed by atoms with E-state index in [0.717, 1.165) is 5.56 Å². The van der Waals surface area contributed by atoms with Crippen molar-refractivity contribution in [2.24, 2.45) is 5.73 Å². The third-order valence-corrected chi connectivity index (χ3v) is 4.39. The van der Waals surface area contributed by atoms with Gasteiger partial charge in [-0.2, -0.15) is 8.42 Å². The Bertz CT molecular complexity index is 611. The highest BCUT2D eigenvalue weighted by Gasteiger charge is 2.27. The topological polar surface area (TPSA) is 95.7 Å². The lowest BCUT2D eigenvalue weighted by Gasteiger charge is -2.25. The first-order valence-electron chi connectivity index (χ1n) is 6.38. The minimum absolute atomic E-state index is 0.0540. The van der Waals surface area contributed by atoms with E-state index in [9.17, 15) is 13.2 Å². The average molecular weight is 299 g/mol. The molecule has 0 radical (unpaired) electrons. The van der Waals surface area contributed by atoms with Gasteiger partial charge < -0.3 is 10.5 Å². The zero-order chi connectivity index (χ0) is 14.8. The fourth-order valence-corrected chi connectivity index (χ4v) is 3.10. The number of fused-ring (bicyclic) bond motifs is 1. The van der Waals surface area contributed by atoms with Crippen LogP contribution in [0.4, 0.5) is 0 Å². The van der Waals surface area contributed by atoms with Crippen LogP contribution in [0.25, 0.3) is 0 Å². The molecule has 1 heterocycles. The summed E-state index contributed by atoms with van der Waals surface area (Å²) in [5.74, 6) is -0.572. The third kappa shape index (κ3) is 3.36. The maximum Gasteiger partial charge on any atom is 0.270 e. The molecule has 1 aliphatic heterocycles. The first-order valence-corrected chi connectivity index (χ1v) is 7.96. The Morgan fingerprint density at radius 2 is 2.25 bits per heavy atom. The van der Waals surface area contributed by atoms with Crippen LogP contribution in [-0.2, 0) is 25.5 Å². The maximum atomic E-state index is 11.7. The SMILES string of the molecule is CCCS(=O)(=O)O[C@@H]1OCCc2cc(C(N)=O)ccc21. The van der Waals surface area contributed by atoms with E-state index >= 15 is 0 Å². The first-order chi connectivity index (χ1) is 9.43. The third-order valence-electron chi connectivity index (χ3n) is 3.01. The largest absolute Gasteiger partial charge is 0.366 e. The molecule has 1 aliphatic rings. The van der Waals surface area contributed by atoms with Gasteiger partial charge in [-0.25, -0.2) is 4.18 Å². The lowest BCUT2D eigenvalue weighted by atomic mass is 9.99. The highest BCUT2D eigenvalue weighted by Crippen LogP contribution is 2.30. The van der Waals surface area contributed by atoms with E-state index < -0.39 is 22.3 Å². The van der Waals surface area contributed by atoms with Gasteiger partial charge in [0, 0.05) is 11.1 Å². The van der Waals surface area contributed by atoms with Crippen molar-refractivity contribution in [2.75, 3.05) is 12.4 Å². The number of hydrogen-bond acceptors (Lipinski definition) is 5. The summed E-state index contributed by atoms with van der Waals surface area (Å²) in [5.41, 5.74) is 7.06. The van der Waals surface area contributed by atoms with E-state index in [1.165, 1.54) is 0 Å². The second-order valence-electron chi connectivity index (χ2n) is 4.59. The second-order valence-corrected chi connectivity index (χ2v) is 6.30. The second kappa shape index (κ2) is 5.90. The van der Waals surface area contributed by atoms with Crippen molar-refractivity contribution >= 4 is 16.0 Å². The monoisotopic (exact) mass is 299 g/mol. The minimum atomic E-state index is -3.62. The number of benzene rings is 1. The Morgan fingerprint density at radius 3 is 2.90 bits per heavy atom. The van der Waals surface area contributed by atoms with E-state index in [0.29, 0.717) is 30.6 Å². The predicted octanol–water partition coefficient (Wildman–Crippen LogP) is 1.11. The van der Waals surface area contributed by atoms with E-state index in [1.54, 1.807) is 25.1 Å². The molecule has 0 spiro atoms. The normalized spacial score (nSPS) is 18.6. The van der Waals surface area contributed by atoms with Crippen LogP contribution < -0.4 is 5.73 Å². The summed E-state index contributed by atoms with van der Waals surface area (Å²) in [4.78, 5) is 11.1. The Balaban J connectivity index is 2.27. The average Bonchev–Trinajstić information content (AvgIpc) is 2.37. The summed E-state index contributed by atoms with van der Waals surface area (Å²) in [5, 5.41) is 0. The molecular weight excluding hydrogens is 282 g/mol. The van der Waals surface area contributed by atoms with Crippen LogP contribution in [0.2, 0.25) is 0 Å². The van der Waals surface area contributed by atoms with Gasteiger partial charge in [-0.15, -0.1) is 0 Å². The molecule has 110 valence electrons. The summed E-state index contributed by atoms with van der Waals surface area (Å²) < 4.78 is 33.9. The lowest BCUT2D eigenvalue weighted by molar-refractivity contribution is -0.0875. The van der Waals surface area contributed by atoms with Crippen molar-refractivity contribution in [1.82, 2.24) is 0 Å². The molecule has 6 nitrogen and oxygen atoms in total. The van der Waals surface area contributed by atoms with E-state index in [1.807, 2.05) is 0 Å². The quantitative estimate of drug-likeness (QED) is 0.822. The Morgan fingerprint density at radius 1 is 1.50 bits per heavy atom. The zero-order valence-electron chi connectivity index (χ0n) is 11.2.